The van der Waals surface area contributed by atoms with Crippen molar-refractivity contribution in [1.82, 2.24) is 4.72 Å². The third-order valence-corrected chi connectivity index (χ3v) is 8.48. The van der Waals surface area contributed by atoms with Gasteiger partial charge in [-0.25, -0.2) is 30.7 Å². The Balaban J connectivity index is 1.99. The number of carboxylic acid groups (broad SMARTS) is 1. The third kappa shape index (κ3) is 6.09. The second kappa shape index (κ2) is 9.94. The van der Waals surface area contributed by atoms with Crippen LogP contribution in [0.3, 0.4) is 0 Å². The van der Waals surface area contributed by atoms with Crippen LogP contribution < -0.4 is 19.1 Å². The summed E-state index contributed by atoms with van der Waals surface area (Å²) in [4.78, 5) is 10.7. The normalized spacial score (nSPS) is 16.1. The van der Waals surface area contributed by atoms with Crippen LogP contribution in [0.15, 0.2) is 41.3 Å². The molecule has 10 nitrogen and oxygen atoms in total. The SMILES string of the molecule is CC(C)CS(=O)(=O)NCC1CN(S(=O)(=O)c2ccc(F)c(Cl)c2)c2cc(NC(=O)O)ccc2O1. The maximum atomic E-state index is 13.6. The molecule has 3 rings (SSSR count). The van der Waals surface area contributed by atoms with Crippen molar-refractivity contribution in [2.24, 2.45) is 5.92 Å². The molecule has 2 aromatic carbocycles. The van der Waals surface area contributed by atoms with Crippen molar-refractivity contribution < 1.29 is 35.9 Å². The van der Waals surface area contributed by atoms with E-state index in [1.165, 1.54) is 18.2 Å². The Morgan fingerprint density at radius 1 is 1.24 bits per heavy atom. The summed E-state index contributed by atoms with van der Waals surface area (Å²) in [7, 11) is -7.94. The van der Waals surface area contributed by atoms with Crippen LogP contribution in [0.4, 0.5) is 20.6 Å². The fourth-order valence-corrected chi connectivity index (χ4v) is 6.54. The van der Waals surface area contributed by atoms with E-state index in [4.69, 9.17) is 21.4 Å². The van der Waals surface area contributed by atoms with E-state index in [2.05, 4.69) is 10.0 Å². The molecule has 1 heterocycles. The monoisotopic (exact) mass is 535 g/mol. The largest absolute Gasteiger partial charge is 0.485 e. The second-order valence-corrected chi connectivity index (χ2v) is 12.1. The van der Waals surface area contributed by atoms with Crippen molar-refractivity contribution in [2.45, 2.75) is 24.8 Å². The lowest BCUT2D eigenvalue weighted by Crippen LogP contribution is -2.48. The van der Waals surface area contributed by atoms with Crippen molar-refractivity contribution in [1.29, 1.82) is 0 Å². The van der Waals surface area contributed by atoms with Gasteiger partial charge in [0, 0.05) is 12.2 Å². The van der Waals surface area contributed by atoms with Gasteiger partial charge in [0.25, 0.3) is 10.0 Å². The molecule has 1 aliphatic heterocycles. The average molecular weight is 536 g/mol. The van der Waals surface area contributed by atoms with E-state index in [0.717, 1.165) is 22.5 Å². The van der Waals surface area contributed by atoms with E-state index in [1.54, 1.807) is 13.8 Å². The van der Waals surface area contributed by atoms with E-state index < -0.39 is 43.1 Å². The molecular weight excluding hydrogens is 513 g/mol. The number of halogens is 2. The van der Waals surface area contributed by atoms with E-state index in [9.17, 15) is 26.0 Å². The van der Waals surface area contributed by atoms with Crippen molar-refractivity contribution in [3.63, 3.8) is 0 Å². The van der Waals surface area contributed by atoms with Gasteiger partial charge in [0.2, 0.25) is 10.0 Å². The standard InChI is InChI=1S/C20H23ClFN3O7S2/c1-12(2)11-33(28,29)23-9-14-10-25(34(30,31)15-4-5-17(22)16(21)8-15)18-7-13(24-20(26)27)3-6-19(18)32-14/h3-8,12,14,23-24H,9-11H2,1-2H3,(H,26,27). The molecule has 0 aromatic heterocycles. The van der Waals surface area contributed by atoms with Gasteiger partial charge in [0.15, 0.2) is 0 Å². The topological polar surface area (TPSA) is 142 Å². The highest BCUT2D eigenvalue weighted by Crippen LogP contribution is 2.39. The first-order valence-corrected chi connectivity index (χ1v) is 13.5. The molecule has 34 heavy (non-hydrogen) atoms. The highest BCUT2D eigenvalue weighted by atomic mass is 35.5. The van der Waals surface area contributed by atoms with Gasteiger partial charge >= 0.3 is 6.09 Å². The summed E-state index contributed by atoms with van der Waals surface area (Å²) in [6.45, 7) is 2.99. The summed E-state index contributed by atoms with van der Waals surface area (Å²) >= 11 is 5.78. The molecule has 1 atom stereocenters. The number of fused-ring (bicyclic) bond motifs is 1. The zero-order chi connectivity index (χ0) is 25.3. The number of carbonyl (C=O) groups is 1. The first-order chi connectivity index (χ1) is 15.8. The van der Waals surface area contributed by atoms with Gasteiger partial charge in [-0.2, -0.15) is 0 Å². The predicted molar refractivity (Wildman–Crippen MR) is 125 cm³/mol. The maximum Gasteiger partial charge on any atom is 0.409 e. The van der Waals surface area contributed by atoms with Crippen LogP contribution in [-0.2, 0) is 20.0 Å². The summed E-state index contributed by atoms with van der Waals surface area (Å²) < 4.78 is 74.2. The van der Waals surface area contributed by atoms with Gasteiger partial charge in [-0.05, 0) is 42.3 Å². The molecule has 0 fully saturated rings. The lowest BCUT2D eigenvalue weighted by Gasteiger charge is -2.35. The Bertz CT molecular complexity index is 1300. The lowest BCUT2D eigenvalue weighted by molar-refractivity contribution is 0.203. The van der Waals surface area contributed by atoms with Crippen LogP contribution in [-0.4, -0.2) is 53.0 Å². The number of amides is 1. The maximum absolute atomic E-state index is 13.6. The molecule has 0 radical (unpaired) electrons. The molecular formula is C20H23ClFN3O7S2. The Kier molecular flexibility index (Phi) is 7.60. The zero-order valence-electron chi connectivity index (χ0n) is 18.2. The fraction of sp³-hybridized carbons (Fsp3) is 0.350. The number of ether oxygens (including phenoxy) is 1. The number of hydrogen-bond acceptors (Lipinski definition) is 6. The molecule has 1 aliphatic rings. The molecule has 14 heteroatoms. The fourth-order valence-electron chi connectivity index (χ4n) is 3.33. The number of rotatable bonds is 8. The molecule has 0 aliphatic carbocycles. The van der Waals surface area contributed by atoms with Crippen LogP contribution in [0.5, 0.6) is 5.75 Å². The van der Waals surface area contributed by atoms with E-state index in [0.29, 0.717) is 0 Å². The molecule has 0 saturated carbocycles. The molecule has 186 valence electrons. The first-order valence-electron chi connectivity index (χ1n) is 10.0. The Labute approximate surface area is 201 Å². The molecule has 0 saturated heterocycles. The highest BCUT2D eigenvalue weighted by molar-refractivity contribution is 7.92. The predicted octanol–water partition coefficient (Wildman–Crippen LogP) is 3.10. The summed E-state index contributed by atoms with van der Waals surface area (Å²) in [5.74, 6) is -0.942. The summed E-state index contributed by atoms with van der Waals surface area (Å²) in [5.41, 5.74) is 0.108. The van der Waals surface area contributed by atoms with Crippen molar-refractivity contribution >= 4 is 49.1 Å². The zero-order valence-corrected chi connectivity index (χ0v) is 20.5. The average Bonchev–Trinajstić information content (AvgIpc) is 2.72. The van der Waals surface area contributed by atoms with Crippen LogP contribution in [0.1, 0.15) is 13.8 Å². The smallest absolute Gasteiger partial charge is 0.409 e. The quantitative estimate of drug-likeness (QED) is 0.471. The van der Waals surface area contributed by atoms with Gasteiger partial charge in [0.1, 0.15) is 17.7 Å². The van der Waals surface area contributed by atoms with Crippen LogP contribution in [0.25, 0.3) is 0 Å². The van der Waals surface area contributed by atoms with E-state index >= 15 is 0 Å². The first kappa shape index (κ1) is 26.0. The Morgan fingerprint density at radius 3 is 2.56 bits per heavy atom. The van der Waals surface area contributed by atoms with Crippen molar-refractivity contribution in [3.05, 3.63) is 47.2 Å². The summed E-state index contributed by atoms with van der Waals surface area (Å²) in [6, 6.07) is 6.93. The van der Waals surface area contributed by atoms with Crippen molar-refractivity contribution in [2.75, 3.05) is 28.5 Å². The molecule has 1 unspecified atom stereocenters. The minimum atomic E-state index is -4.32. The van der Waals surface area contributed by atoms with Crippen LogP contribution >= 0.6 is 11.6 Å². The minimum Gasteiger partial charge on any atom is -0.485 e. The molecule has 2 aromatic rings. The Hall–Kier alpha value is -2.61. The van der Waals surface area contributed by atoms with Crippen molar-refractivity contribution in [3.8, 4) is 5.75 Å². The number of anilines is 2. The summed E-state index contributed by atoms with van der Waals surface area (Å²) in [6.07, 6.45) is -2.26. The second-order valence-electron chi connectivity index (χ2n) is 7.99. The van der Waals surface area contributed by atoms with E-state index in [1.807, 2.05) is 0 Å². The molecule has 0 bridgehead atoms. The van der Waals surface area contributed by atoms with Gasteiger partial charge < -0.3 is 9.84 Å². The highest BCUT2D eigenvalue weighted by Gasteiger charge is 2.35. The molecule has 3 N–H and O–H groups in total. The number of nitrogens with zero attached hydrogens (tertiary/aromatic N) is 1. The third-order valence-electron chi connectivity index (χ3n) is 4.70. The van der Waals surface area contributed by atoms with Crippen LogP contribution in [0, 0.1) is 11.7 Å². The van der Waals surface area contributed by atoms with Gasteiger partial charge in [-0.1, -0.05) is 25.4 Å². The number of hydrogen-bond donors (Lipinski definition) is 3. The minimum absolute atomic E-state index is 0.0213. The number of benzene rings is 2. The number of nitrogens with one attached hydrogen (secondary N) is 2. The van der Waals surface area contributed by atoms with Crippen LogP contribution in [0.2, 0.25) is 5.02 Å². The van der Waals surface area contributed by atoms with E-state index in [-0.39, 0.29) is 46.8 Å². The lowest BCUT2D eigenvalue weighted by atomic mass is 10.2. The van der Waals surface area contributed by atoms with Gasteiger partial charge in [-0.3, -0.25) is 9.62 Å². The van der Waals surface area contributed by atoms with Gasteiger partial charge in [0.05, 0.1) is 27.9 Å². The van der Waals surface area contributed by atoms with Gasteiger partial charge in [-0.15, -0.1) is 0 Å². The molecule has 0 spiro atoms. The summed E-state index contributed by atoms with van der Waals surface area (Å²) in [5, 5.41) is 10.7. The molecule has 1 amide bonds. The number of sulfonamides is 2. The Morgan fingerprint density at radius 2 is 1.94 bits per heavy atom.